The third-order valence-corrected chi connectivity index (χ3v) is 8.37. The van der Waals surface area contributed by atoms with Crippen molar-refractivity contribution in [3.8, 4) is 5.69 Å². The van der Waals surface area contributed by atoms with E-state index in [1.165, 1.54) is 15.7 Å². The maximum atomic E-state index is 16.3. The fourth-order valence-electron chi connectivity index (χ4n) is 6.07. The summed E-state index contributed by atoms with van der Waals surface area (Å²) < 4.78 is 56.3. The van der Waals surface area contributed by atoms with Gasteiger partial charge in [-0.1, -0.05) is 32.0 Å². The van der Waals surface area contributed by atoms with E-state index in [1.54, 1.807) is 31.3 Å². The molecule has 260 valence electrons. The minimum absolute atomic E-state index is 0.00197. The van der Waals surface area contributed by atoms with E-state index in [2.05, 4.69) is 15.6 Å². The van der Waals surface area contributed by atoms with Gasteiger partial charge in [0, 0.05) is 62.4 Å². The SMILES string of the molecule is CC.CCOC(=O)c1cn(-c2ccc(CN3CCCC3)cc2)c2c(c1=O)=CC(F)=C(N1CCN(c3ccccn3)CC1)C(OC(F)(F)Cl)=C=2. The number of anilines is 1. The first-order chi connectivity index (χ1) is 23.6. The Kier molecular flexibility index (Phi) is 11.5. The van der Waals surface area contributed by atoms with Crippen LogP contribution in [0.25, 0.3) is 17.5 Å². The average Bonchev–Trinajstić information content (AvgIpc) is 3.56. The van der Waals surface area contributed by atoms with Crippen molar-refractivity contribution in [1.82, 2.24) is 19.4 Å². The standard InChI is InChI=1S/C34H33ClF3N5O4.C2H6/c1-2-46-33(45)26-22-43(24-10-8-23(9-11-24)21-40-13-5-6-14-40)28-20-29(47-34(35,37)38)31(27(36)19-25(28)32(26)44)42-17-15-41(16-18-42)30-7-3-4-12-39-30;1-2/h3-4,7-12,19,22H,2,5-6,13-18,21H2,1H3;1-2H3. The highest BCUT2D eigenvalue weighted by atomic mass is 35.5. The number of ether oxygens (including phenoxy) is 2. The van der Waals surface area contributed by atoms with E-state index in [9.17, 15) is 18.4 Å². The van der Waals surface area contributed by atoms with E-state index in [1.807, 2.05) is 43.0 Å². The fraction of sp³-hybridized carbons (Fsp3) is 0.389. The highest BCUT2D eigenvalue weighted by molar-refractivity contribution is 6.20. The molecule has 2 saturated heterocycles. The minimum Gasteiger partial charge on any atom is -0.462 e. The van der Waals surface area contributed by atoms with Crippen molar-refractivity contribution in [2.24, 2.45) is 0 Å². The number of nitrogens with zero attached hydrogens (tertiary/aromatic N) is 5. The predicted octanol–water partition coefficient (Wildman–Crippen LogP) is 4.90. The van der Waals surface area contributed by atoms with E-state index in [0.29, 0.717) is 18.8 Å². The van der Waals surface area contributed by atoms with Gasteiger partial charge < -0.3 is 23.8 Å². The highest BCUT2D eigenvalue weighted by Gasteiger charge is 2.35. The molecule has 0 atom stereocenters. The van der Waals surface area contributed by atoms with Gasteiger partial charge >= 0.3 is 11.5 Å². The lowest BCUT2D eigenvalue weighted by atomic mass is 10.1. The number of piperazine rings is 1. The number of rotatable bonds is 9. The number of pyridine rings is 2. The average molecular weight is 698 g/mol. The molecule has 0 bridgehead atoms. The summed E-state index contributed by atoms with van der Waals surface area (Å²) in [6, 6.07) is 12.8. The summed E-state index contributed by atoms with van der Waals surface area (Å²) in [6.45, 7) is 9.60. The summed E-state index contributed by atoms with van der Waals surface area (Å²) >= 11 is 5.24. The van der Waals surface area contributed by atoms with Crippen LogP contribution < -0.4 is 20.9 Å². The van der Waals surface area contributed by atoms with Crippen LogP contribution in [-0.2, 0) is 16.0 Å². The Labute approximate surface area is 287 Å². The lowest BCUT2D eigenvalue weighted by molar-refractivity contribution is -0.139. The largest absolute Gasteiger partial charge is 0.488 e. The zero-order chi connectivity index (χ0) is 35.1. The number of likely N-dealkylation sites (tertiary alicyclic amines) is 1. The summed E-state index contributed by atoms with van der Waals surface area (Å²) in [5.74, 6) is -1.89. The Morgan fingerprint density at radius 3 is 2.29 bits per heavy atom. The van der Waals surface area contributed by atoms with Gasteiger partial charge in [-0.3, -0.25) is 9.69 Å². The van der Waals surface area contributed by atoms with Gasteiger partial charge in [0.2, 0.25) is 5.43 Å². The van der Waals surface area contributed by atoms with Gasteiger partial charge in [0.1, 0.15) is 22.4 Å². The van der Waals surface area contributed by atoms with Crippen molar-refractivity contribution >= 4 is 35.2 Å². The number of halogens is 4. The second-order valence-corrected chi connectivity index (χ2v) is 11.8. The van der Waals surface area contributed by atoms with E-state index in [4.69, 9.17) is 21.1 Å². The van der Waals surface area contributed by atoms with Crippen molar-refractivity contribution in [3.63, 3.8) is 0 Å². The van der Waals surface area contributed by atoms with Crippen molar-refractivity contribution in [2.45, 2.75) is 45.7 Å². The van der Waals surface area contributed by atoms with Crippen molar-refractivity contribution in [1.29, 1.82) is 0 Å². The number of esters is 1. The second kappa shape index (κ2) is 15.8. The fourth-order valence-corrected chi connectivity index (χ4v) is 6.15. The van der Waals surface area contributed by atoms with Gasteiger partial charge in [-0.2, -0.15) is 0 Å². The number of aromatic nitrogens is 2. The first-order valence-corrected chi connectivity index (χ1v) is 16.8. The Morgan fingerprint density at radius 2 is 1.67 bits per heavy atom. The first-order valence-electron chi connectivity index (χ1n) is 16.4. The molecule has 6 rings (SSSR count). The molecule has 3 aliphatic rings. The van der Waals surface area contributed by atoms with Crippen LogP contribution in [0, 0.1) is 0 Å². The Bertz CT molecular complexity index is 1890. The molecule has 9 nitrogen and oxygen atoms in total. The van der Waals surface area contributed by atoms with Gasteiger partial charge in [-0.05, 0) is 74.5 Å². The lowest BCUT2D eigenvalue weighted by Crippen LogP contribution is -2.47. The predicted molar refractivity (Wildman–Crippen MR) is 183 cm³/mol. The van der Waals surface area contributed by atoms with Crippen molar-refractivity contribution in [2.75, 3.05) is 50.8 Å². The van der Waals surface area contributed by atoms with Crippen LogP contribution >= 0.6 is 11.6 Å². The molecule has 0 spiro atoms. The summed E-state index contributed by atoms with van der Waals surface area (Å²) in [6.07, 6.45) is 6.13. The highest BCUT2D eigenvalue weighted by Crippen LogP contribution is 2.32. The number of alkyl halides is 3. The number of carbonyl (C=O) groups excluding carboxylic acids is 1. The molecule has 0 saturated carbocycles. The maximum Gasteiger partial charge on any atom is 0.488 e. The molecular weight excluding hydrogens is 659 g/mol. The van der Waals surface area contributed by atoms with Gasteiger partial charge in [0.15, 0.2) is 11.6 Å². The summed E-state index contributed by atoms with van der Waals surface area (Å²) in [4.78, 5) is 36.8. The minimum atomic E-state index is -4.22. The van der Waals surface area contributed by atoms with E-state index in [0.717, 1.165) is 49.9 Å². The molecule has 2 aromatic heterocycles. The number of allylic oxidation sites excluding steroid dienone is 1. The molecule has 0 unspecified atom stereocenters. The van der Waals surface area contributed by atoms with Crippen LogP contribution in [0.2, 0.25) is 0 Å². The van der Waals surface area contributed by atoms with Crippen LogP contribution in [0.3, 0.4) is 0 Å². The number of fused-ring (bicyclic) bond motifs is 1. The molecule has 13 heteroatoms. The van der Waals surface area contributed by atoms with Crippen molar-refractivity contribution in [3.05, 3.63) is 104 Å². The molecule has 2 aliphatic heterocycles. The van der Waals surface area contributed by atoms with E-state index < -0.39 is 28.6 Å². The number of benzene rings is 1. The second-order valence-electron chi connectivity index (χ2n) is 11.4. The Hall–Kier alpha value is -4.51. The van der Waals surface area contributed by atoms with Crippen LogP contribution in [0.4, 0.5) is 19.0 Å². The smallest absolute Gasteiger partial charge is 0.462 e. The van der Waals surface area contributed by atoms with Crippen LogP contribution in [0.1, 0.15) is 49.5 Å². The summed E-state index contributed by atoms with van der Waals surface area (Å²) in [7, 11) is 0. The Morgan fingerprint density at radius 1 is 1.00 bits per heavy atom. The van der Waals surface area contributed by atoms with E-state index >= 15 is 4.39 Å². The van der Waals surface area contributed by atoms with Crippen LogP contribution in [0.15, 0.2) is 76.9 Å². The van der Waals surface area contributed by atoms with Crippen LogP contribution in [-0.4, -0.2) is 76.8 Å². The number of hydrogen-bond donors (Lipinski definition) is 0. The molecule has 0 radical (unpaired) electrons. The monoisotopic (exact) mass is 697 g/mol. The number of carbonyl (C=O) groups is 1. The third kappa shape index (κ3) is 8.39. The molecule has 0 amide bonds. The first kappa shape index (κ1) is 35.8. The molecule has 3 aromatic rings. The van der Waals surface area contributed by atoms with E-state index in [-0.39, 0.29) is 41.5 Å². The third-order valence-electron chi connectivity index (χ3n) is 8.29. The zero-order valence-corrected chi connectivity index (χ0v) is 28.5. The molecule has 2 fully saturated rings. The van der Waals surface area contributed by atoms with Gasteiger partial charge in [0.05, 0.1) is 11.8 Å². The van der Waals surface area contributed by atoms with Gasteiger partial charge in [-0.15, -0.1) is 8.78 Å². The quantitative estimate of drug-likeness (QED) is 0.231. The maximum absolute atomic E-state index is 16.3. The van der Waals surface area contributed by atoms with Crippen LogP contribution in [0.5, 0.6) is 0 Å². The molecule has 1 aromatic carbocycles. The lowest BCUT2D eigenvalue weighted by Gasteiger charge is -2.37. The zero-order valence-electron chi connectivity index (χ0n) is 27.7. The van der Waals surface area contributed by atoms with Gasteiger partial charge in [0.25, 0.3) is 0 Å². The normalized spacial score (nSPS) is 16.4. The number of hydrogen-bond acceptors (Lipinski definition) is 8. The molecule has 1 aliphatic carbocycles. The molecule has 49 heavy (non-hydrogen) atoms. The summed E-state index contributed by atoms with van der Waals surface area (Å²) in [5.41, 5.74) is -1.49. The molecular formula is C36H39ClF3N5O4. The molecule has 4 heterocycles. The topological polar surface area (TPSA) is 80.1 Å². The summed E-state index contributed by atoms with van der Waals surface area (Å²) in [5, 5.41) is -0.376. The Balaban J connectivity index is 0.00000230. The molecule has 0 N–H and O–H groups in total. The van der Waals surface area contributed by atoms with Gasteiger partial charge in [-0.25, -0.2) is 14.2 Å². The van der Waals surface area contributed by atoms with Crippen molar-refractivity contribution < 1.29 is 27.4 Å².